The number of benzene rings is 3. The first-order chi connectivity index (χ1) is 18.0. The third-order valence-corrected chi connectivity index (χ3v) is 7.13. The van der Waals surface area contributed by atoms with Crippen LogP contribution in [0.2, 0.25) is 0 Å². The Morgan fingerprint density at radius 2 is 1.59 bits per heavy atom. The van der Waals surface area contributed by atoms with Gasteiger partial charge in [-0.15, -0.1) is 0 Å². The minimum Gasteiger partial charge on any atom is -0.371 e. The average molecular weight is 498 g/mol. The number of anilines is 2. The van der Waals surface area contributed by atoms with Crippen molar-refractivity contribution in [3.05, 3.63) is 95.1 Å². The second kappa shape index (κ2) is 13.1. The standard InChI is InChI=1S/C32H39N3O2/c1-3-4-5-7-12-25-15-17-27(18-16-25)31(36)34-28-19-20-30(35-21-10-11-22-35)29(23-28)32(37)33-24(2)26-13-8-6-9-14-26/h6,8-9,13-20,23-24H,3-5,7,10-12,21-22H2,1-2H3,(H,33,37)(H,34,36)/t24-/m0/s1. The number of carbonyl (C=O) groups is 2. The van der Waals surface area contributed by atoms with Crippen LogP contribution in [0.25, 0.3) is 0 Å². The third kappa shape index (κ3) is 7.22. The van der Waals surface area contributed by atoms with Gasteiger partial charge in [-0.25, -0.2) is 0 Å². The molecule has 0 spiro atoms. The highest BCUT2D eigenvalue weighted by Gasteiger charge is 2.22. The van der Waals surface area contributed by atoms with Gasteiger partial charge in [-0.1, -0.05) is 68.7 Å². The van der Waals surface area contributed by atoms with Gasteiger partial charge in [0.25, 0.3) is 11.8 Å². The van der Waals surface area contributed by atoms with Crippen molar-refractivity contribution in [1.29, 1.82) is 0 Å². The quantitative estimate of drug-likeness (QED) is 0.277. The van der Waals surface area contributed by atoms with Crippen LogP contribution in [0.15, 0.2) is 72.8 Å². The van der Waals surface area contributed by atoms with E-state index in [-0.39, 0.29) is 17.9 Å². The fourth-order valence-electron chi connectivity index (χ4n) is 4.91. The highest BCUT2D eigenvalue weighted by atomic mass is 16.2. The summed E-state index contributed by atoms with van der Waals surface area (Å²) < 4.78 is 0. The molecule has 0 unspecified atom stereocenters. The first-order valence-electron chi connectivity index (χ1n) is 13.7. The number of hydrogen-bond donors (Lipinski definition) is 2. The summed E-state index contributed by atoms with van der Waals surface area (Å²) in [6, 6.07) is 23.3. The summed E-state index contributed by atoms with van der Waals surface area (Å²) in [7, 11) is 0. The van der Waals surface area contributed by atoms with E-state index in [4.69, 9.17) is 0 Å². The molecule has 5 nitrogen and oxygen atoms in total. The van der Waals surface area contributed by atoms with Crippen molar-refractivity contribution in [2.45, 2.75) is 64.8 Å². The molecule has 1 saturated heterocycles. The highest BCUT2D eigenvalue weighted by Crippen LogP contribution is 2.28. The van der Waals surface area contributed by atoms with Crippen molar-refractivity contribution in [1.82, 2.24) is 5.32 Å². The van der Waals surface area contributed by atoms with Crippen LogP contribution in [0.4, 0.5) is 11.4 Å². The van der Waals surface area contributed by atoms with Crippen molar-refractivity contribution in [3.8, 4) is 0 Å². The van der Waals surface area contributed by atoms with Crippen molar-refractivity contribution < 1.29 is 9.59 Å². The molecule has 3 aromatic carbocycles. The molecule has 1 heterocycles. The zero-order valence-corrected chi connectivity index (χ0v) is 22.1. The molecule has 0 radical (unpaired) electrons. The number of hydrogen-bond acceptors (Lipinski definition) is 3. The minimum absolute atomic E-state index is 0.126. The maximum Gasteiger partial charge on any atom is 0.255 e. The number of nitrogens with zero attached hydrogens (tertiary/aromatic N) is 1. The molecule has 0 saturated carbocycles. The number of rotatable bonds is 11. The summed E-state index contributed by atoms with van der Waals surface area (Å²) in [5.41, 5.74) is 5.05. The molecule has 1 aliphatic rings. The summed E-state index contributed by atoms with van der Waals surface area (Å²) in [5, 5.41) is 6.14. The molecule has 37 heavy (non-hydrogen) atoms. The van der Waals surface area contributed by atoms with Crippen molar-refractivity contribution in [2.75, 3.05) is 23.3 Å². The fraction of sp³-hybridized carbons (Fsp3) is 0.375. The topological polar surface area (TPSA) is 61.4 Å². The van der Waals surface area contributed by atoms with Gasteiger partial charge in [0.05, 0.1) is 11.6 Å². The zero-order valence-electron chi connectivity index (χ0n) is 22.1. The number of aryl methyl sites for hydroxylation is 1. The molecular weight excluding hydrogens is 458 g/mol. The Balaban J connectivity index is 1.47. The molecule has 0 aromatic heterocycles. The minimum atomic E-state index is -0.171. The molecule has 3 aromatic rings. The van der Waals surface area contributed by atoms with Gasteiger partial charge in [0.2, 0.25) is 0 Å². The van der Waals surface area contributed by atoms with E-state index < -0.39 is 0 Å². The monoisotopic (exact) mass is 497 g/mol. The molecular formula is C32H39N3O2. The summed E-state index contributed by atoms with van der Waals surface area (Å²) in [4.78, 5) is 28.7. The Kier molecular flexibility index (Phi) is 9.36. The fourth-order valence-corrected chi connectivity index (χ4v) is 4.91. The second-order valence-corrected chi connectivity index (χ2v) is 9.99. The van der Waals surface area contributed by atoms with Crippen LogP contribution in [0.1, 0.15) is 90.3 Å². The van der Waals surface area contributed by atoms with Gasteiger partial charge >= 0.3 is 0 Å². The number of unbranched alkanes of at least 4 members (excludes halogenated alkanes) is 3. The first kappa shape index (κ1) is 26.5. The van der Waals surface area contributed by atoms with E-state index in [2.05, 4.69) is 22.5 Å². The van der Waals surface area contributed by atoms with E-state index >= 15 is 0 Å². The Hall–Kier alpha value is -3.60. The lowest BCUT2D eigenvalue weighted by atomic mass is 10.0. The molecule has 1 atom stereocenters. The average Bonchev–Trinajstić information content (AvgIpc) is 3.47. The van der Waals surface area contributed by atoms with E-state index in [0.29, 0.717) is 16.8 Å². The van der Waals surface area contributed by atoms with Crippen LogP contribution in [0.5, 0.6) is 0 Å². The smallest absolute Gasteiger partial charge is 0.255 e. The lowest BCUT2D eigenvalue weighted by Crippen LogP contribution is -2.29. The molecule has 194 valence electrons. The zero-order chi connectivity index (χ0) is 26.0. The van der Waals surface area contributed by atoms with Crippen LogP contribution in [-0.2, 0) is 6.42 Å². The SMILES string of the molecule is CCCCCCc1ccc(C(=O)Nc2ccc(N3CCCC3)c(C(=O)N[C@@H](C)c3ccccc3)c2)cc1. The van der Waals surface area contributed by atoms with E-state index in [1.54, 1.807) is 6.07 Å². The van der Waals surface area contributed by atoms with Gasteiger partial charge in [-0.3, -0.25) is 9.59 Å². The van der Waals surface area contributed by atoms with Crippen LogP contribution in [0, 0.1) is 0 Å². The summed E-state index contributed by atoms with van der Waals surface area (Å²) in [5.74, 6) is -0.308. The highest BCUT2D eigenvalue weighted by molar-refractivity contribution is 6.06. The number of nitrogens with one attached hydrogen (secondary N) is 2. The van der Waals surface area contributed by atoms with Gasteiger partial charge in [0.15, 0.2) is 0 Å². The van der Waals surface area contributed by atoms with Crippen molar-refractivity contribution in [3.63, 3.8) is 0 Å². The van der Waals surface area contributed by atoms with Crippen molar-refractivity contribution >= 4 is 23.2 Å². The van der Waals surface area contributed by atoms with Crippen LogP contribution in [0.3, 0.4) is 0 Å². The maximum absolute atomic E-state index is 13.4. The molecule has 1 aliphatic heterocycles. The van der Waals surface area contributed by atoms with Gasteiger partial charge in [-0.2, -0.15) is 0 Å². The van der Waals surface area contributed by atoms with E-state index in [0.717, 1.165) is 43.6 Å². The van der Waals surface area contributed by atoms with Gasteiger partial charge in [0, 0.05) is 30.0 Å². The van der Waals surface area contributed by atoms with Crippen LogP contribution in [-0.4, -0.2) is 24.9 Å². The predicted molar refractivity (Wildman–Crippen MR) is 152 cm³/mol. The Morgan fingerprint density at radius 1 is 0.865 bits per heavy atom. The Bertz CT molecular complexity index is 1170. The molecule has 4 rings (SSSR count). The lowest BCUT2D eigenvalue weighted by Gasteiger charge is -2.23. The number of carbonyl (C=O) groups excluding carboxylic acids is 2. The predicted octanol–water partition coefficient (Wildman–Crippen LogP) is 7.15. The third-order valence-electron chi connectivity index (χ3n) is 7.13. The van der Waals surface area contributed by atoms with E-state index in [9.17, 15) is 9.59 Å². The second-order valence-electron chi connectivity index (χ2n) is 9.99. The van der Waals surface area contributed by atoms with Crippen LogP contribution >= 0.6 is 0 Å². The van der Waals surface area contributed by atoms with Gasteiger partial charge < -0.3 is 15.5 Å². The Morgan fingerprint density at radius 3 is 2.30 bits per heavy atom. The molecule has 1 fully saturated rings. The normalized spacial score (nSPS) is 13.8. The molecule has 5 heteroatoms. The maximum atomic E-state index is 13.4. The van der Waals surface area contributed by atoms with Gasteiger partial charge in [0.1, 0.15) is 0 Å². The van der Waals surface area contributed by atoms with E-state index in [1.807, 2.05) is 73.7 Å². The Labute approximate surface area is 221 Å². The number of amides is 2. The molecule has 2 N–H and O–H groups in total. The lowest BCUT2D eigenvalue weighted by molar-refractivity contribution is 0.0939. The molecule has 0 bridgehead atoms. The summed E-state index contributed by atoms with van der Waals surface area (Å²) in [6.07, 6.45) is 8.20. The summed E-state index contributed by atoms with van der Waals surface area (Å²) in [6.45, 7) is 6.08. The first-order valence-corrected chi connectivity index (χ1v) is 13.7. The molecule has 0 aliphatic carbocycles. The summed E-state index contributed by atoms with van der Waals surface area (Å²) >= 11 is 0. The van der Waals surface area contributed by atoms with Crippen LogP contribution < -0.4 is 15.5 Å². The van der Waals surface area contributed by atoms with Gasteiger partial charge in [-0.05, 0) is 74.1 Å². The largest absolute Gasteiger partial charge is 0.371 e. The van der Waals surface area contributed by atoms with Crippen molar-refractivity contribution in [2.24, 2.45) is 0 Å². The molecule has 2 amide bonds. The van der Waals surface area contributed by atoms with E-state index in [1.165, 1.54) is 31.2 Å².